The molecule has 1 saturated carbocycles. The quantitative estimate of drug-likeness (QED) is 0.499. The Morgan fingerprint density at radius 1 is 1.30 bits per heavy atom. The zero-order chi connectivity index (χ0) is 17.2. The lowest BCUT2D eigenvalue weighted by molar-refractivity contribution is -0.112. The van der Waals surface area contributed by atoms with Crippen LogP contribution in [-0.4, -0.2) is 20.7 Å². The predicted molar refractivity (Wildman–Crippen MR) is 75.5 cm³/mol. The van der Waals surface area contributed by atoms with E-state index in [-0.39, 0.29) is 17.4 Å². The Morgan fingerprint density at radius 2 is 1.87 bits per heavy atom. The van der Waals surface area contributed by atoms with Crippen LogP contribution in [0.1, 0.15) is 12.8 Å². The van der Waals surface area contributed by atoms with Gasteiger partial charge in [-0.15, -0.1) is 0 Å². The van der Waals surface area contributed by atoms with Crippen molar-refractivity contribution in [3.63, 3.8) is 0 Å². The summed E-state index contributed by atoms with van der Waals surface area (Å²) in [5.41, 5.74) is -5.16. The highest BCUT2D eigenvalue weighted by Crippen LogP contribution is 2.36. The standard InChI is InChI=1S/C14H11F3N2O3S/c15-14(16,17)23(22)10-5-3-9(4-6-10)19-13(21)11(7-18)12(20)8-1-2-8/h3-6,8,20H,1-2H2,(H,19,21)/b12-11-. The van der Waals surface area contributed by atoms with Gasteiger partial charge < -0.3 is 10.4 Å². The van der Waals surface area contributed by atoms with Crippen molar-refractivity contribution < 1.29 is 27.3 Å². The first-order chi connectivity index (χ1) is 10.7. The lowest BCUT2D eigenvalue weighted by Gasteiger charge is -2.08. The Balaban J connectivity index is 2.12. The highest BCUT2D eigenvalue weighted by Gasteiger charge is 2.38. The van der Waals surface area contributed by atoms with Gasteiger partial charge in [0, 0.05) is 16.5 Å². The molecule has 0 saturated heterocycles. The number of carbonyl (C=O) groups excluding carboxylic acids is 1. The van der Waals surface area contributed by atoms with Crippen LogP contribution in [0, 0.1) is 17.2 Å². The summed E-state index contributed by atoms with van der Waals surface area (Å²) >= 11 is 0. The third-order valence-electron chi connectivity index (χ3n) is 3.10. The van der Waals surface area contributed by atoms with Crippen LogP contribution in [0.3, 0.4) is 0 Å². The number of amides is 1. The van der Waals surface area contributed by atoms with Crippen LogP contribution in [0.4, 0.5) is 18.9 Å². The molecule has 1 amide bonds. The normalized spacial score (nSPS) is 17.0. The first kappa shape index (κ1) is 17.0. The first-order valence-electron chi connectivity index (χ1n) is 6.47. The smallest absolute Gasteiger partial charge is 0.475 e. The molecule has 1 fully saturated rings. The fourth-order valence-corrected chi connectivity index (χ4v) is 2.42. The lowest BCUT2D eigenvalue weighted by Crippen LogP contribution is -2.17. The maximum atomic E-state index is 12.3. The molecule has 0 radical (unpaired) electrons. The second kappa shape index (κ2) is 6.42. The van der Waals surface area contributed by atoms with Crippen molar-refractivity contribution in [1.29, 1.82) is 5.26 Å². The Kier molecular flexibility index (Phi) is 4.75. The van der Waals surface area contributed by atoms with Crippen LogP contribution >= 0.6 is 0 Å². The van der Waals surface area contributed by atoms with Gasteiger partial charge in [-0.25, -0.2) is 4.21 Å². The van der Waals surface area contributed by atoms with E-state index in [1.807, 2.05) is 0 Å². The molecule has 23 heavy (non-hydrogen) atoms. The van der Waals surface area contributed by atoms with E-state index in [9.17, 15) is 27.3 Å². The van der Waals surface area contributed by atoms with Crippen LogP contribution in [0.2, 0.25) is 0 Å². The van der Waals surface area contributed by atoms with E-state index in [0.717, 1.165) is 24.3 Å². The molecule has 1 unspecified atom stereocenters. The number of hydrogen-bond acceptors (Lipinski definition) is 4. The van der Waals surface area contributed by atoms with E-state index in [1.165, 1.54) is 0 Å². The molecule has 0 bridgehead atoms. The third-order valence-corrected chi connectivity index (χ3v) is 4.22. The van der Waals surface area contributed by atoms with E-state index in [4.69, 9.17) is 5.26 Å². The summed E-state index contributed by atoms with van der Waals surface area (Å²) in [6, 6.07) is 5.83. The molecule has 1 aliphatic carbocycles. The molecule has 0 heterocycles. The number of nitrogens with zero attached hydrogens (tertiary/aromatic N) is 1. The Labute approximate surface area is 131 Å². The molecule has 1 atom stereocenters. The van der Waals surface area contributed by atoms with Crippen molar-refractivity contribution in [3.8, 4) is 6.07 Å². The van der Waals surface area contributed by atoms with Gasteiger partial charge in [-0.05, 0) is 37.1 Å². The highest BCUT2D eigenvalue weighted by molar-refractivity contribution is 7.86. The number of aliphatic hydroxyl groups excluding tert-OH is 1. The Hall–Kier alpha value is -2.34. The van der Waals surface area contributed by atoms with Gasteiger partial charge in [-0.2, -0.15) is 18.4 Å². The number of aliphatic hydroxyl groups is 1. The SMILES string of the molecule is N#C/C(C(=O)Nc1ccc(S(=O)C(F)(F)F)cc1)=C(/O)C1CC1. The van der Waals surface area contributed by atoms with Crippen LogP contribution in [0.5, 0.6) is 0 Å². The van der Waals surface area contributed by atoms with Gasteiger partial charge >= 0.3 is 5.51 Å². The summed E-state index contributed by atoms with van der Waals surface area (Å²) in [7, 11) is -3.15. The molecule has 5 nitrogen and oxygen atoms in total. The topological polar surface area (TPSA) is 90.2 Å². The molecule has 0 aromatic heterocycles. The minimum absolute atomic E-state index is 0.120. The summed E-state index contributed by atoms with van der Waals surface area (Å²) in [5.74, 6) is -1.31. The Bertz CT molecular complexity index is 716. The number of nitrogens with one attached hydrogen (secondary N) is 1. The fourth-order valence-electron chi connectivity index (χ4n) is 1.77. The highest BCUT2D eigenvalue weighted by atomic mass is 32.2. The molecule has 2 N–H and O–H groups in total. The zero-order valence-corrected chi connectivity index (χ0v) is 12.4. The minimum Gasteiger partial charge on any atom is -0.510 e. The number of hydrogen-bond donors (Lipinski definition) is 2. The second-order valence-electron chi connectivity index (χ2n) is 4.84. The average Bonchev–Trinajstić information content (AvgIpc) is 3.31. The van der Waals surface area contributed by atoms with Crippen molar-refractivity contribution >= 4 is 22.4 Å². The largest absolute Gasteiger partial charge is 0.510 e. The predicted octanol–water partition coefficient (Wildman–Crippen LogP) is 3.00. The lowest BCUT2D eigenvalue weighted by atomic mass is 10.1. The molecule has 122 valence electrons. The van der Waals surface area contributed by atoms with Crippen LogP contribution < -0.4 is 5.32 Å². The van der Waals surface area contributed by atoms with Gasteiger partial charge in [-0.1, -0.05) is 0 Å². The van der Waals surface area contributed by atoms with Crippen molar-refractivity contribution in [2.24, 2.45) is 5.92 Å². The molecule has 0 spiro atoms. The molecule has 9 heteroatoms. The van der Waals surface area contributed by atoms with Crippen LogP contribution in [0.25, 0.3) is 0 Å². The number of halogens is 3. The summed E-state index contributed by atoms with van der Waals surface area (Å²) in [6.07, 6.45) is 1.39. The van der Waals surface area contributed by atoms with Crippen molar-refractivity contribution in [1.82, 2.24) is 0 Å². The van der Waals surface area contributed by atoms with E-state index >= 15 is 0 Å². The van der Waals surface area contributed by atoms with Crippen LogP contribution in [0.15, 0.2) is 40.5 Å². The van der Waals surface area contributed by atoms with E-state index in [2.05, 4.69) is 5.32 Å². The second-order valence-corrected chi connectivity index (χ2v) is 6.31. The van der Waals surface area contributed by atoms with Gasteiger partial charge in [0.15, 0.2) is 16.4 Å². The van der Waals surface area contributed by atoms with Crippen LogP contribution in [-0.2, 0) is 15.6 Å². The zero-order valence-electron chi connectivity index (χ0n) is 11.6. The van der Waals surface area contributed by atoms with Gasteiger partial charge in [0.1, 0.15) is 11.8 Å². The minimum atomic E-state index is -4.86. The van der Waals surface area contributed by atoms with Gasteiger partial charge in [0.2, 0.25) is 0 Å². The summed E-state index contributed by atoms with van der Waals surface area (Å²) < 4.78 is 48.1. The molecule has 1 aliphatic rings. The fraction of sp³-hybridized carbons (Fsp3) is 0.286. The number of alkyl halides is 3. The summed E-state index contributed by atoms with van der Waals surface area (Å²) in [4.78, 5) is 11.5. The van der Waals surface area contributed by atoms with Crippen molar-refractivity contribution in [2.45, 2.75) is 23.2 Å². The van der Waals surface area contributed by atoms with E-state index in [0.29, 0.717) is 12.8 Å². The number of nitriles is 1. The third kappa shape index (κ3) is 4.10. The van der Waals surface area contributed by atoms with Crippen molar-refractivity contribution in [3.05, 3.63) is 35.6 Å². The Morgan fingerprint density at radius 3 is 2.30 bits per heavy atom. The number of anilines is 1. The van der Waals surface area contributed by atoms with E-state index < -0.39 is 32.7 Å². The summed E-state index contributed by atoms with van der Waals surface area (Å²) in [6.45, 7) is 0. The number of rotatable bonds is 4. The molecular formula is C14H11F3N2O3S. The maximum Gasteiger partial charge on any atom is 0.475 e. The van der Waals surface area contributed by atoms with Gasteiger partial charge in [0.25, 0.3) is 5.91 Å². The molecule has 0 aliphatic heterocycles. The van der Waals surface area contributed by atoms with Gasteiger partial charge in [0.05, 0.1) is 0 Å². The number of carbonyl (C=O) groups is 1. The summed E-state index contributed by atoms with van der Waals surface area (Å²) in [5, 5.41) is 21.0. The monoisotopic (exact) mass is 344 g/mol. The molecular weight excluding hydrogens is 333 g/mol. The molecule has 1 aromatic carbocycles. The van der Waals surface area contributed by atoms with Gasteiger partial charge in [-0.3, -0.25) is 4.79 Å². The average molecular weight is 344 g/mol. The number of allylic oxidation sites excluding steroid dienone is 1. The first-order valence-corrected chi connectivity index (χ1v) is 7.62. The maximum absolute atomic E-state index is 12.3. The molecule has 1 aromatic rings. The van der Waals surface area contributed by atoms with E-state index in [1.54, 1.807) is 6.07 Å². The number of benzene rings is 1. The molecule has 2 rings (SSSR count). The van der Waals surface area contributed by atoms with Crippen molar-refractivity contribution in [2.75, 3.05) is 5.32 Å².